The second kappa shape index (κ2) is 6.00. The maximum Gasteiger partial charge on any atom is 0.303 e. The first kappa shape index (κ1) is 13.1. The first-order valence-electron chi connectivity index (χ1n) is 6.59. The van der Waals surface area contributed by atoms with Gasteiger partial charge in [0.2, 0.25) is 0 Å². The number of piperidine rings is 1. The van der Waals surface area contributed by atoms with E-state index in [1.165, 1.54) is 18.5 Å². The molecule has 1 aromatic rings. The highest BCUT2D eigenvalue weighted by Gasteiger charge is 2.23. The van der Waals surface area contributed by atoms with E-state index in [4.69, 9.17) is 5.11 Å². The Bertz CT molecular complexity index is 403. The van der Waals surface area contributed by atoms with Crippen LogP contribution in [-0.2, 0) is 18.4 Å². The summed E-state index contributed by atoms with van der Waals surface area (Å²) < 4.78 is 1.89. The summed E-state index contributed by atoms with van der Waals surface area (Å²) in [6.07, 6.45) is 6.38. The van der Waals surface area contributed by atoms with Crippen LogP contribution in [0.25, 0.3) is 0 Å². The minimum atomic E-state index is -0.693. The molecule has 1 atom stereocenters. The molecule has 2 rings (SSSR count). The molecule has 5 nitrogen and oxygen atoms in total. The lowest BCUT2D eigenvalue weighted by molar-refractivity contribution is -0.137. The van der Waals surface area contributed by atoms with E-state index in [2.05, 4.69) is 10.00 Å². The number of aromatic nitrogens is 2. The summed E-state index contributed by atoms with van der Waals surface area (Å²) in [5.74, 6) is -0.693. The third-order valence-corrected chi connectivity index (χ3v) is 3.73. The number of aryl methyl sites for hydroxylation is 1. The van der Waals surface area contributed by atoms with Crippen LogP contribution in [0.3, 0.4) is 0 Å². The van der Waals surface area contributed by atoms with Gasteiger partial charge >= 0.3 is 5.97 Å². The molecule has 0 saturated carbocycles. The Balaban J connectivity index is 1.95. The van der Waals surface area contributed by atoms with E-state index in [0.29, 0.717) is 6.04 Å². The Morgan fingerprint density at radius 1 is 1.56 bits per heavy atom. The highest BCUT2D eigenvalue weighted by Crippen LogP contribution is 2.22. The maximum atomic E-state index is 10.7. The standard InChI is InChI=1S/C13H21N3O2/c1-15-12(7-8-14-15)10-16-9-3-2-4-11(16)5-6-13(17)18/h7-8,11H,2-6,9-10H2,1H3,(H,17,18). The van der Waals surface area contributed by atoms with E-state index in [1.807, 2.05) is 24.0 Å². The van der Waals surface area contributed by atoms with Crippen molar-refractivity contribution >= 4 is 5.97 Å². The van der Waals surface area contributed by atoms with E-state index in [0.717, 1.165) is 25.9 Å². The monoisotopic (exact) mass is 251 g/mol. The zero-order valence-corrected chi connectivity index (χ0v) is 10.9. The van der Waals surface area contributed by atoms with E-state index < -0.39 is 5.97 Å². The lowest BCUT2D eigenvalue weighted by atomic mass is 9.98. The fourth-order valence-electron chi connectivity index (χ4n) is 2.65. The molecule has 0 aliphatic carbocycles. The van der Waals surface area contributed by atoms with Crippen LogP contribution < -0.4 is 0 Å². The summed E-state index contributed by atoms with van der Waals surface area (Å²) in [6, 6.07) is 2.44. The van der Waals surface area contributed by atoms with Crippen molar-refractivity contribution in [2.24, 2.45) is 7.05 Å². The van der Waals surface area contributed by atoms with Crippen molar-refractivity contribution in [2.45, 2.75) is 44.7 Å². The summed E-state index contributed by atoms with van der Waals surface area (Å²) >= 11 is 0. The summed E-state index contributed by atoms with van der Waals surface area (Å²) in [5.41, 5.74) is 1.19. The number of carboxylic acids is 1. The Morgan fingerprint density at radius 3 is 3.06 bits per heavy atom. The normalized spacial score (nSPS) is 21.1. The Kier molecular flexibility index (Phi) is 4.36. The van der Waals surface area contributed by atoms with Crippen LogP contribution in [0.15, 0.2) is 12.3 Å². The third-order valence-electron chi connectivity index (χ3n) is 3.73. The van der Waals surface area contributed by atoms with Crippen molar-refractivity contribution in [3.63, 3.8) is 0 Å². The highest BCUT2D eigenvalue weighted by atomic mass is 16.4. The summed E-state index contributed by atoms with van der Waals surface area (Å²) in [4.78, 5) is 13.1. The third kappa shape index (κ3) is 3.32. The minimum Gasteiger partial charge on any atom is -0.481 e. The fourth-order valence-corrected chi connectivity index (χ4v) is 2.65. The first-order chi connectivity index (χ1) is 8.66. The van der Waals surface area contributed by atoms with Gasteiger partial charge in [0.15, 0.2) is 0 Å². The van der Waals surface area contributed by atoms with Crippen LogP contribution in [0, 0.1) is 0 Å². The maximum absolute atomic E-state index is 10.7. The van der Waals surface area contributed by atoms with Gasteiger partial charge < -0.3 is 5.11 Å². The van der Waals surface area contributed by atoms with Crippen molar-refractivity contribution in [1.29, 1.82) is 0 Å². The SMILES string of the molecule is Cn1nccc1CN1CCCCC1CCC(=O)O. The molecule has 5 heteroatoms. The number of rotatable bonds is 5. The van der Waals surface area contributed by atoms with Gasteiger partial charge in [0.05, 0.1) is 5.69 Å². The minimum absolute atomic E-state index is 0.270. The van der Waals surface area contributed by atoms with Gasteiger partial charge in [0, 0.05) is 32.3 Å². The van der Waals surface area contributed by atoms with Gasteiger partial charge in [-0.15, -0.1) is 0 Å². The molecule has 0 bridgehead atoms. The van der Waals surface area contributed by atoms with Gasteiger partial charge in [0.1, 0.15) is 0 Å². The van der Waals surface area contributed by atoms with Gasteiger partial charge in [-0.2, -0.15) is 5.10 Å². The predicted octanol–water partition coefficient (Wildman–Crippen LogP) is 1.64. The highest BCUT2D eigenvalue weighted by molar-refractivity contribution is 5.66. The molecule has 2 heterocycles. The van der Waals surface area contributed by atoms with E-state index >= 15 is 0 Å². The lowest BCUT2D eigenvalue weighted by Crippen LogP contribution is -2.39. The van der Waals surface area contributed by atoms with Crippen LogP contribution >= 0.6 is 0 Å². The predicted molar refractivity (Wildman–Crippen MR) is 68.1 cm³/mol. The van der Waals surface area contributed by atoms with Crippen molar-refractivity contribution in [3.8, 4) is 0 Å². The number of likely N-dealkylation sites (tertiary alicyclic amines) is 1. The number of aliphatic carboxylic acids is 1. The quantitative estimate of drug-likeness (QED) is 0.864. The molecule has 0 spiro atoms. The molecule has 1 aromatic heterocycles. The second-order valence-corrected chi connectivity index (χ2v) is 5.00. The first-order valence-corrected chi connectivity index (χ1v) is 6.59. The van der Waals surface area contributed by atoms with Crippen LogP contribution in [0.4, 0.5) is 0 Å². The number of carbonyl (C=O) groups is 1. The molecular weight excluding hydrogens is 230 g/mol. The van der Waals surface area contributed by atoms with Crippen molar-refractivity contribution in [3.05, 3.63) is 18.0 Å². The van der Waals surface area contributed by atoms with Gasteiger partial charge in [-0.25, -0.2) is 0 Å². The Labute approximate surface area is 107 Å². The average Bonchev–Trinajstić information content (AvgIpc) is 2.74. The van der Waals surface area contributed by atoms with Crippen molar-refractivity contribution < 1.29 is 9.90 Å². The van der Waals surface area contributed by atoms with Crippen LogP contribution in [0.5, 0.6) is 0 Å². The van der Waals surface area contributed by atoms with E-state index in [9.17, 15) is 4.79 Å². The number of nitrogens with zero attached hydrogens (tertiary/aromatic N) is 3. The number of hydrogen-bond acceptors (Lipinski definition) is 3. The zero-order chi connectivity index (χ0) is 13.0. The molecule has 1 aliphatic heterocycles. The molecule has 1 unspecified atom stereocenters. The molecule has 18 heavy (non-hydrogen) atoms. The lowest BCUT2D eigenvalue weighted by Gasteiger charge is -2.35. The molecule has 1 aliphatic rings. The van der Waals surface area contributed by atoms with Gasteiger partial charge in [-0.1, -0.05) is 6.42 Å². The second-order valence-electron chi connectivity index (χ2n) is 5.00. The number of hydrogen-bond donors (Lipinski definition) is 1. The fraction of sp³-hybridized carbons (Fsp3) is 0.692. The Hall–Kier alpha value is -1.36. The molecule has 100 valence electrons. The molecule has 0 amide bonds. The summed E-state index contributed by atoms with van der Waals surface area (Å²) in [7, 11) is 1.95. The molecule has 1 N–H and O–H groups in total. The van der Waals surface area contributed by atoms with Crippen molar-refractivity contribution in [2.75, 3.05) is 6.54 Å². The molecular formula is C13H21N3O2. The van der Waals surface area contributed by atoms with Crippen LogP contribution in [0.2, 0.25) is 0 Å². The smallest absolute Gasteiger partial charge is 0.303 e. The van der Waals surface area contributed by atoms with Gasteiger partial charge in [0.25, 0.3) is 0 Å². The van der Waals surface area contributed by atoms with E-state index in [1.54, 1.807) is 0 Å². The molecule has 1 saturated heterocycles. The molecule has 1 fully saturated rings. The molecule has 0 aromatic carbocycles. The Morgan fingerprint density at radius 2 is 2.39 bits per heavy atom. The average molecular weight is 251 g/mol. The largest absolute Gasteiger partial charge is 0.481 e. The van der Waals surface area contributed by atoms with Gasteiger partial charge in [-0.3, -0.25) is 14.4 Å². The molecule has 0 radical (unpaired) electrons. The topological polar surface area (TPSA) is 58.4 Å². The van der Waals surface area contributed by atoms with Crippen molar-refractivity contribution in [1.82, 2.24) is 14.7 Å². The summed E-state index contributed by atoms with van der Waals surface area (Å²) in [5, 5.41) is 13.0. The van der Waals surface area contributed by atoms with Crippen LogP contribution in [-0.4, -0.2) is 38.3 Å². The summed E-state index contributed by atoms with van der Waals surface area (Å²) in [6.45, 7) is 1.94. The van der Waals surface area contributed by atoms with Gasteiger partial charge in [-0.05, 0) is 31.9 Å². The van der Waals surface area contributed by atoms with Crippen LogP contribution in [0.1, 0.15) is 37.8 Å². The number of carboxylic acid groups (broad SMARTS) is 1. The van der Waals surface area contributed by atoms with E-state index in [-0.39, 0.29) is 6.42 Å². The zero-order valence-electron chi connectivity index (χ0n) is 10.9.